The number of hydrogen-bond acceptors (Lipinski definition) is 4. The highest BCUT2D eigenvalue weighted by Gasteiger charge is 2.36. The van der Waals surface area contributed by atoms with Gasteiger partial charge >= 0.3 is 6.18 Å². The van der Waals surface area contributed by atoms with Crippen molar-refractivity contribution >= 4 is 10.0 Å². The fourth-order valence-corrected chi connectivity index (χ4v) is 4.27. The first-order chi connectivity index (χ1) is 12.6. The number of nitrogens with zero attached hydrogens (tertiary/aromatic N) is 3. The van der Waals surface area contributed by atoms with Crippen LogP contribution in [0, 0.1) is 5.92 Å². The fourth-order valence-electron chi connectivity index (χ4n) is 3.11. The molecule has 1 aliphatic rings. The standard InChI is InChI=1S/C17H20F3N3O3S/c1-22(2)27(24,25)11-13-9-26-10-15(13)23-7-6-21-16(23)12-4-3-5-14(8-12)17(18,19)20/h3-8,13,15H,9-11H2,1-2H3/t13-,15+/m0/s1. The molecule has 1 aromatic carbocycles. The summed E-state index contributed by atoms with van der Waals surface area (Å²) in [5, 5.41) is 0. The molecule has 10 heteroatoms. The third-order valence-electron chi connectivity index (χ3n) is 4.62. The molecule has 1 aliphatic heterocycles. The minimum Gasteiger partial charge on any atom is -0.379 e. The van der Waals surface area contributed by atoms with Gasteiger partial charge in [0.1, 0.15) is 5.82 Å². The second-order valence-corrected chi connectivity index (χ2v) is 8.89. The van der Waals surface area contributed by atoms with Crippen molar-refractivity contribution in [3.63, 3.8) is 0 Å². The normalized spacial score (nSPS) is 21.1. The average Bonchev–Trinajstić information content (AvgIpc) is 3.22. The first-order valence-electron chi connectivity index (χ1n) is 8.28. The predicted octanol–water partition coefficient (Wildman–Crippen LogP) is 2.65. The summed E-state index contributed by atoms with van der Waals surface area (Å²) in [7, 11) is -0.511. The lowest BCUT2D eigenvalue weighted by Crippen LogP contribution is -2.32. The van der Waals surface area contributed by atoms with Crippen molar-refractivity contribution in [1.29, 1.82) is 0 Å². The van der Waals surface area contributed by atoms with E-state index in [1.165, 1.54) is 26.4 Å². The topological polar surface area (TPSA) is 64.4 Å². The van der Waals surface area contributed by atoms with Gasteiger partial charge in [0, 0.05) is 38.0 Å². The minimum absolute atomic E-state index is 0.106. The van der Waals surface area contributed by atoms with E-state index in [4.69, 9.17) is 4.74 Å². The number of imidazole rings is 1. The molecular weight excluding hydrogens is 383 g/mol. The summed E-state index contributed by atoms with van der Waals surface area (Å²) in [6, 6.07) is 4.60. The molecule has 0 bridgehead atoms. The summed E-state index contributed by atoms with van der Waals surface area (Å²) in [6.45, 7) is 0.536. The Morgan fingerprint density at radius 3 is 2.70 bits per heavy atom. The molecule has 0 unspecified atom stereocenters. The van der Waals surface area contributed by atoms with Crippen LogP contribution in [-0.2, 0) is 20.9 Å². The van der Waals surface area contributed by atoms with Crippen molar-refractivity contribution in [2.75, 3.05) is 33.1 Å². The molecule has 0 spiro atoms. The molecule has 148 valence electrons. The number of aromatic nitrogens is 2. The smallest absolute Gasteiger partial charge is 0.379 e. The first-order valence-corrected chi connectivity index (χ1v) is 9.89. The molecule has 2 atom stereocenters. The largest absolute Gasteiger partial charge is 0.416 e. The Labute approximate surface area is 155 Å². The molecule has 6 nitrogen and oxygen atoms in total. The molecule has 0 radical (unpaired) electrons. The van der Waals surface area contributed by atoms with Crippen LogP contribution >= 0.6 is 0 Å². The fraction of sp³-hybridized carbons (Fsp3) is 0.471. The van der Waals surface area contributed by atoms with Crippen LogP contribution in [0.5, 0.6) is 0 Å². The Kier molecular flexibility index (Phi) is 5.33. The highest BCUT2D eigenvalue weighted by Crippen LogP contribution is 2.34. The summed E-state index contributed by atoms with van der Waals surface area (Å²) in [4.78, 5) is 4.20. The maximum absolute atomic E-state index is 13.0. The lowest BCUT2D eigenvalue weighted by molar-refractivity contribution is -0.137. The lowest BCUT2D eigenvalue weighted by atomic mass is 10.0. The molecule has 1 aromatic heterocycles. The van der Waals surface area contributed by atoms with E-state index in [2.05, 4.69) is 4.98 Å². The van der Waals surface area contributed by atoms with E-state index in [-0.39, 0.29) is 30.9 Å². The molecule has 3 rings (SSSR count). The van der Waals surface area contributed by atoms with Gasteiger partial charge in [-0.15, -0.1) is 0 Å². The van der Waals surface area contributed by atoms with E-state index < -0.39 is 21.8 Å². The van der Waals surface area contributed by atoms with Gasteiger partial charge in [0.2, 0.25) is 10.0 Å². The molecule has 1 saturated heterocycles. The Morgan fingerprint density at radius 1 is 1.30 bits per heavy atom. The van der Waals surface area contributed by atoms with Gasteiger partial charge in [-0.3, -0.25) is 0 Å². The van der Waals surface area contributed by atoms with Crippen molar-refractivity contribution in [2.45, 2.75) is 12.2 Å². The second-order valence-electron chi connectivity index (χ2n) is 6.66. The highest BCUT2D eigenvalue weighted by atomic mass is 32.2. The Hall–Kier alpha value is -1.91. The maximum Gasteiger partial charge on any atom is 0.416 e. The second kappa shape index (κ2) is 7.25. The number of rotatable bonds is 5. The van der Waals surface area contributed by atoms with E-state index in [0.717, 1.165) is 16.4 Å². The van der Waals surface area contributed by atoms with Crippen molar-refractivity contribution in [1.82, 2.24) is 13.9 Å². The number of halogens is 3. The monoisotopic (exact) mass is 403 g/mol. The summed E-state index contributed by atoms with van der Waals surface area (Å²) in [5.74, 6) is -0.0785. The van der Waals surface area contributed by atoms with Crippen LogP contribution in [0.25, 0.3) is 11.4 Å². The van der Waals surface area contributed by atoms with Gasteiger partial charge in [-0.2, -0.15) is 13.2 Å². The van der Waals surface area contributed by atoms with Gasteiger partial charge in [-0.05, 0) is 12.1 Å². The quantitative estimate of drug-likeness (QED) is 0.770. The zero-order valence-corrected chi connectivity index (χ0v) is 15.7. The predicted molar refractivity (Wildman–Crippen MR) is 93.5 cm³/mol. The van der Waals surface area contributed by atoms with Crippen LogP contribution < -0.4 is 0 Å². The van der Waals surface area contributed by atoms with Gasteiger partial charge < -0.3 is 9.30 Å². The van der Waals surface area contributed by atoms with Crippen LogP contribution in [0.1, 0.15) is 11.6 Å². The van der Waals surface area contributed by atoms with E-state index >= 15 is 0 Å². The summed E-state index contributed by atoms with van der Waals surface area (Å²) < 4.78 is 71.9. The SMILES string of the molecule is CN(C)S(=O)(=O)C[C@@H]1COC[C@H]1n1ccnc1-c1cccc(C(F)(F)F)c1. The van der Waals surface area contributed by atoms with Gasteiger partial charge in [-0.1, -0.05) is 12.1 Å². The average molecular weight is 403 g/mol. The van der Waals surface area contributed by atoms with Gasteiger partial charge in [0.25, 0.3) is 0 Å². The highest BCUT2D eigenvalue weighted by molar-refractivity contribution is 7.89. The first kappa shape index (κ1) is 19.8. The Balaban J connectivity index is 1.93. The molecule has 0 saturated carbocycles. The summed E-state index contributed by atoms with van der Waals surface area (Å²) in [5.41, 5.74) is -0.445. The molecule has 2 aromatic rings. The maximum atomic E-state index is 13.0. The Bertz CT molecular complexity index is 909. The number of ether oxygens (including phenoxy) is 1. The van der Waals surface area contributed by atoms with Gasteiger partial charge in [-0.25, -0.2) is 17.7 Å². The van der Waals surface area contributed by atoms with Crippen molar-refractivity contribution in [3.05, 3.63) is 42.2 Å². The van der Waals surface area contributed by atoms with Crippen LogP contribution in [0.15, 0.2) is 36.7 Å². The number of benzene rings is 1. The van der Waals surface area contributed by atoms with E-state index in [1.807, 2.05) is 0 Å². The third-order valence-corrected chi connectivity index (χ3v) is 6.58. The minimum atomic E-state index is -4.45. The molecule has 0 amide bonds. The number of sulfonamides is 1. The van der Waals surface area contributed by atoms with E-state index in [9.17, 15) is 21.6 Å². The zero-order valence-electron chi connectivity index (χ0n) is 14.8. The molecular formula is C17H20F3N3O3S. The molecule has 0 N–H and O–H groups in total. The number of alkyl halides is 3. The van der Waals surface area contributed by atoms with Crippen molar-refractivity contribution < 1.29 is 26.3 Å². The van der Waals surface area contributed by atoms with Crippen LogP contribution in [0.2, 0.25) is 0 Å². The van der Waals surface area contributed by atoms with Crippen LogP contribution in [-0.4, -0.2) is 55.3 Å². The Morgan fingerprint density at radius 2 is 2.04 bits per heavy atom. The summed E-state index contributed by atoms with van der Waals surface area (Å²) in [6.07, 6.45) is -1.32. The lowest BCUT2D eigenvalue weighted by Gasteiger charge is -2.22. The molecule has 27 heavy (non-hydrogen) atoms. The van der Waals surface area contributed by atoms with Gasteiger partial charge in [0.15, 0.2) is 0 Å². The zero-order chi connectivity index (χ0) is 19.8. The molecule has 2 heterocycles. The molecule has 0 aliphatic carbocycles. The van der Waals surface area contributed by atoms with Crippen LogP contribution in [0.4, 0.5) is 13.2 Å². The third kappa shape index (κ3) is 4.17. The van der Waals surface area contributed by atoms with Crippen LogP contribution in [0.3, 0.4) is 0 Å². The van der Waals surface area contributed by atoms with Gasteiger partial charge in [0.05, 0.1) is 30.6 Å². The summed E-state index contributed by atoms with van der Waals surface area (Å²) >= 11 is 0. The van der Waals surface area contributed by atoms with Crippen molar-refractivity contribution in [2.24, 2.45) is 5.92 Å². The van der Waals surface area contributed by atoms with E-state index in [1.54, 1.807) is 16.8 Å². The van der Waals surface area contributed by atoms with E-state index in [0.29, 0.717) is 11.4 Å². The number of hydrogen-bond donors (Lipinski definition) is 0. The van der Waals surface area contributed by atoms with Crippen molar-refractivity contribution in [3.8, 4) is 11.4 Å². The molecule has 1 fully saturated rings.